The lowest BCUT2D eigenvalue weighted by atomic mass is 9.98. The highest BCUT2D eigenvalue weighted by molar-refractivity contribution is 5.90. The van der Waals surface area contributed by atoms with Crippen LogP contribution in [-0.4, -0.2) is 66.3 Å². The first kappa shape index (κ1) is 29.1. The minimum Gasteiger partial charge on any atom is -0.467 e. The van der Waals surface area contributed by atoms with Gasteiger partial charge in [0.25, 0.3) is 0 Å². The van der Waals surface area contributed by atoms with E-state index < -0.39 is 12.0 Å². The van der Waals surface area contributed by atoms with Crippen molar-refractivity contribution in [1.82, 2.24) is 40.7 Å². The first-order chi connectivity index (χ1) is 19.9. The molecule has 4 aromatic rings. The zero-order chi connectivity index (χ0) is 29.2. The molecule has 0 spiro atoms. The highest BCUT2D eigenvalue weighted by atomic mass is 16.5. The van der Waals surface area contributed by atoms with Crippen LogP contribution >= 0.6 is 0 Å². The van der Waals surface area contributed by atoms with E-state index in [1.165, 1.54) is 14.0 Å². The molecule has 0 saturated carbocycles. The van der Waals surface area contributed by atoms with Crippen LogP contribution in [0, 0.1) is 0 Å². The highest BCUT2D eigenvalue weighted by Gasteiger charge is 2.22. The normalized spacial score (nSPS) is 11.6. The number of rotatable bonds is 13. The Hall–Kier alpha value is -4.94. The summed E-state index contributed by atoms with van der Waals surface area (Å²) in [5, 5.41) is 24.1. The van der Waals surface area contributed by atoms with Crippen LogP contribution < -0.4 is 10.6 Å². The lowest BCUT2D eigenvalue weighted by Gasteiger charge is -2.14. The number of anilines is 1. The number of methoxy groups -OCH3 is 1. The van der Waals surface area contributed by atoms with Gasteiger partial charge in [0.15, 0.2) is 0 Å². The third-order valence-electron chi connectivity index (χ3n) is 6.39. The number of carbonyl (C=O) groups excluding carboxylic acids is 3. The Morgan fingerprint density at radius 2 is 1.83 bits per heavy atom. The van der Waals surface area contributed by atoms with Crippen molar-refractivity contribution in [2.24, 2.45) is 0 Å². The number of aromatic amines is 1. The number of aryl methyl sites for hydroxylation is 1. The van der Waals surface area contributed by atoms with Gasteiger partial charge >= 0.3 is 5.97 Å². The second-order valence-electron chi connectivity index (χ2n) is 9.45. The maximum absolute atomic E-state index is 12.6. The first-order valence-corrected chi connectivity index (χ1v) is 13.4. The molecule has 0 saturated heterocycles. The van der Waals surface area contributed by atoms with E-state index in [0.717, 1.165) is 40.9 Å². The largest absolute Gasteiger partial charge is 0.467 e. The van der Waals surface area contributed by atoms with E-state index in [2.05, 4.69) is 48.3 Å². The van der Waals surface area contributed by atoms with Crippen LogP contribution in [0.1, 0.15) is 50.9 Å². The van der Waals surface area contributed by atoms with E-state index in [1.807, 2.05) is 48.5 Å². The maximum atomic E-state index is 12.6. The molecule has 0 aliphatic carbocycles. The second kappa shape index (κ2) is 13.9. The molecular weight excluding hydrogens is 526 g/mol. The Morgan fingerprint density at radius 3 is 2.49 bits per heavy atom. The maximum Gasteiger partial charge on any atom is 0.328 e. The monoisotopic (exact) mass is 559 g/mol. The predicted octanol–water partition coefficient (Wildman–Crippen LogP) is 2.91. The number of nitrogens with one attached hydrogen (secondary N) is 3. The van der Waals surface area contributed by atoms with Crippen LogP contribution in [0.2, 0.25) is 0 Å². The van der Waals surface area contributed by atoms with E-state index in [1.54, 1.807) is 4.68 Å². The Balaban J connectivity index is 1.45. The second-order valence-corrected chi connectivity index (χ2v) is 9.45. The fourth-order valence-electron chi connectivity index (χ4n) is 4.34. The number of amides is 2. The van der Waals surface area contributed by atoms with Crippen molar-refractivity contribution in [1.29, 1.82) is 0 Å². The van der Waals surface area contributed by atoms with Crippen molar-refractivity contribution in [3.63, 3.8) is 0 Å². The number of esters is 1. The summed E-state index contributed by atoms with van der Waals surface area (Å²) in [7, 11) is 1.23. The van der Waals surface area contributed by atoms with Gasteiger partial charge < -0.3 is 10.1 Å². The van der Waals surface area contributed by atoms with Gasteiger partial charge in [0.1, 0.15) is 11.9 Å². The molecule has 3 N–H and O–H groups in total. The summed E-state index contributed by atoms with van der Waals surface area (Å²) < 4.78 is 6.50. The van der Waals surface area contributed by atoms with E-state index in [9.17, 15) is 14.4 Å². The van der Waals surface area contributed by atoms with E-state index >= 15 is 0 Å². The Labute approximate surface area is 237 Å². The molecule has 0 radical (unpaired) electrons. The number of ether oxygens (including phenoxy) is 1. The molecule has 13 nitrogen and oxygen atoms in total. The van der Waals surface area contributed by atoms with E-state index in [4.69, 9.17) is 4.74 Å². The van der Waals surface area contributed by atoms with E-state index in [0.29, 0.717) is 18.8 Å². The van der Waals surface area contributed by atoms with Gasteiger partial charge in [-0.15, -0.1) is 15.3 Å². The number of hydrogen-bond donors (Lipinski definition) is 3. The SMILES string of the molecule is CCCCc1nc(NC(=O)CCC(NC(C)=O)C(=O)OC)nn1Cc1ccc(-c2ccccc2-c2nn[nH]n2)cc1. The fourth-order valence-corrected chi connectivity index (χ4v) is 4.34. The lowest BCUT2D eigenvalue weighted by Crippen LogP contribution is -2.40. The van der Waals surface area contributed by atoms with Crippen molar-refractivity contribution < 1.29 is 19.1 Å². The Bertz CT molecular complexity index is 1470. The third kappa shape index (κ3) is 7.81. The minimum absolute atomic E-state index is 0.0221. The van der Waals surface area contributed by atoms with Crippen LogP contribution in [0.4, 0.5) is 5.95 Å². The molecule has 0 aliphatic heterocycles. The molecule has 2 aromatic carbocycles. The molecule has 0 aliphatic rings. The van der Waals surface area contributed by atoms with Gasteiger partial charge in [-0.1, -0.05) is 61.9 Å². The van der Waals surface area contributed by atoms with Crippen LogP contribution in [0.25, 0.3) is 22.5 Å². The molecule has 41 heavy (non-hydrogen) atoms. The van der Waals surface area contributed by atoms with Gasteiger partial charge in [0.05, 0.1) is 13.7 Å². The molecule has 214 valence electrons. The number of nitrogens with zero attached hydrogens (tertiary/aromatic N) is 6. The summed E-state index contributed by atoms with van der Waals surface area (Å²) in [6, 6.07) is 15.1. The predicted molar refractivity (Wildman–Crippen MR) is 150 cm³/mol. The summed E-state index contributed by atoms with van der Waals surface area (Å²) in [6.45, 7) is 3.87. The zero-order valence-corrected chi connectivity index (χ0v) is 23.3. The van der Waals surface area contributed by atoms with Gasteiger partial charge in [-0.05, 0) is 34.7 Å². The standard InChI is InChI=1S/C28H33N9O4/c1-4-5-10-24-30-28(31-25(39)16-15-23(27(40)41-3)29-18(2)38)34-37(24)17-19-11-13-20(14-12-19)21-8-6-7-9-22(21)26-32-35-36-33-26/h6-9,11-14,23H,4-5,10,15-17H2,1-3H3,(H,29,38)(H,31,34,39)(H,32,33,35,36). The number of H-pyrrole nitrogens is 1. The number of unbranched alkanes of at least 4 members (excludes halogenated alkanes) is 1. The molecule has 2 aromatic heterocycles. The number of hydrogen-bond acceptors (Lipinski definition) is 9. The molecule has 1 atom stereocenters. The topological polar surface area (TPSA) is 170 Å². The Morgan fingerprint density at radius 1 is 1.07 bits per heavy atom. The number of carbonyl (C=O) groups is 3. The fraction of sp³-hybridized carbons (Fsp3) is 0.357. The molecule has 4 rings (SSSR count). The average Bonchev–Trinajstić information content (AvgIpc) is 3.64. The molecule has 13 heteroatoms. The van der Waals surface area contributed by atoms with Crippen molar-refractivity contribution >= 4 is 23.7 Å². The van der Waals surface area contributed by atoms with Crippen molar-refractivity contribution in [2.45, 2.75) is 58.5 Å². The molecule has 1 unspecified atom stereocenters. The summed E-state index contributed by atoms with van der Waals surface area (Å²) in [4.78, 5) is 40.5. The molecule has 0 bridgehead atoms. The lowest BCUT2D eigenvalue weighted by molar-refractivity contribution is -0.145. The number of tetrazole rings is 1. The summed E-state index contributed by atoms with van der Waals surface area (Å²) in [5.41, 5.74) is 3.89. The van der Waals surface area contributed by atoms with Gasteiger partial charge in [-0.2, -0.15) is 10.2 Å². The molecule has 2 heterocycles. The van der Waals surface area contributed by atoms with Crippen LogP contribution in [0.5, 0.6) is 0 Å². The van der Waals surface area contributed by atoms with Crippen LogP contribution in [0.3, 0.4) is 0 Å². The van der Waals surface area contributed by atoms with E-state index in [-0.39, 0.29) is 30.6 Å². The van der Waals surface area contributed by atoms with Gasteiger partial charge in [0, 0.05) is 25.3 Å². The van der Waals surface area contributed by atoms with Gasteiger partial charge in [-0.3, -0.25) is 14.9 Å². The summed E-state index contributed by atoms with van der Waals surface area (Å²) >= 11 is 0. The minimum atomic E-state index is -0.906. The van der Waals surface area contributed by atoms with Crippen molar-refractivity contribution in [2.75, 3.05) is 12.4 Å². The van der Waals surface area contributed by atoms with Gasteiger partial charge in [0.2, 0.25) is 23.6 Å². The Kier molecular flexibility index (Phi) is 9.86. The molecule has 2 amide bonds. The van der Waals surface area contributed by atoms with Crippen molar-refractivity contribution in [3.8, 4) is 22.5 Å². The molecule has 0 fully saturated rings. The number of aromatic nitrogens is 7. The average molecular weight is 560 g/mol. The zero-order valence-electron chi connectivity index (χ0n) is 23.3. The third-order valence-corrected chi connectivity index (χ3v) is 6.39. The quantitative estimate of drug-likeness (QED) is 0.208. The first-order valence-electron chi connectivity index (χ1n) is 13.4. The van der Waals surface area contributed by atoms with Crippen LogP contribution in [-0.2, 0) is 32.1 Å². The smallest absolute Gasteiger partial charge is 0.328 e. The summed E-state index contributed by atoms with van der Waals surface area (Å²) in [6.07, 6.45) is 2.69. The van der Waals surface area contributed by atoms with Crippen LogP contribution in [0.15, 0.2) is 48.5 Å². The highest BCUT2D eigenvalue weighted by Crippen LogP contribution is 2.29. The molecular formula is C28H33N9O4. The van der Waals surface area contributed by atoms with Crippen molar-refractivity contribution in [3.05, 3.63) is 59.9 Å². The number of benzene rings is 2. The summed E-state index contributed by atoms with van der Waals surface area (Å²) in [5.74, 6) is 0.124. The van der Waals surface area contributed by atoms with Gasteiger partial charge in [-0.25, -0.2) is 9.48 Å².